The number of nitrogens with one attached hydrogen (secondary N) is 3. The van der Waals surface area contributed by atoms with Crippen LogP contribution in [0.25, 0.3) is 22.2 Å². The minimum atomic E-state index is -4.27. The zero-order chi connectivity index (χ0) is 38.6. The molecule has 54 heavy (non-hydrogen) atoms. The first-order valence-electron chi connectivity index (χ1n) is 17.1. The quantitative estimate of drug-likeness (QED) is 0.110. The van der Waals surface area contributed by atoms with Crippen molar-refractivity contribution in [2.75, 3.05) is 20.2 Å². The van der Waals surface area contributed by atoms with Crippen LogP contribution in [0.4, 0.5) is 0 Å². The molecule has 1 saturated carbocycles. The van der Waals surface area contributed by atoms with E-state index < -0.39 is 63.3 Å². The van der Waals surface area contributed by atoms with Gasteiger partial charge in [-0.15, -0.1) is 6.58 Å². The number of hydrogen-bond donors (Lipinski definition) is 4. The first-order valence-corrected chi connectivity index (χ1v) is 18.6. The van der Waals surface area contributed by atoms with Crippen LogP contribution < -0.4 is 30.6 Å². The summed E-state index contributed by atoms with van der Waals surface area (Å²) in [5, 5.41) is 5.90. The second-order valence-electron chi connectivity index (χ2n) is 13.0. The predicted octanol–water partition coefficient (Wildman–Crippen LogP) is 2.45. The van der Waals surface area contributed by atoms with Crippen molar-refractivity contribution in [1.82, 2.24) is 25.2 Å². The Morgan fingerprint density at radius 2 is 1.74 bits per heavy atom. The summed E-state index contributed by atoms with van der Waals surface area (Å²) >= 11 is 0. The van der Waals surface area contributed by atoms with E-state index in [1.807, 2.05) is 30.3 Å². The molecule has 3 aromatic carbocycles. The number of nitrogens with two attached hydrogens (primary N) is 1. The molecule has 4 aromatic rings. The van der Waals surface area contributed by atoms with E-state index in [4.69, 9.17) is 20.2 Å². The Hall–Kier alpha value is -6.06. The highest BCUT2D eigenvalue weighted by atomic mass is 32.2. The molecule has 0 bridgehead atoms. The molecular formula is C39H40N6O8S. The fourth-order valence-corrected chi connectivity index (χ4v) is 7.56. The summed E-state index contributed by atoms with van der Waals surface area (Å²) in [6.07, 6.45) is 1.84. The van der Waals surface area contributed by atoms with Crippen molar-refractivity contribution in [3.8, 4) is 22.8 Å². The third-order valence-electron chi connectivity index (χ3n) is 9.52. The van der Waals surface area contributed by atoms with Crippen LogP contribution in [0.2, 0.25) is 0 Å². The SMILES string of the molecule is C=CC(=O)NCC(N)C(=O)N1C[C@H](Oc2cc(-c3ccccc3)nc3cc(OC)ccc23)C[C@H]1C(=O)N[C@]1(C(=O)NS(=O)(=O)c2ccccc2)C[C@H]1C=C. The van der Waals surface area contributed by atoms with Crippen LogP contribution in [0.15, 0.2) is 115 Å². The van der Waals surface area contributed by atoms with Crippen LogP contribution in [-0.4, -0.2) is 85.9 Å². The summed E-state index contributed by atoms with van der Waals surface area (Å²) in [7, 11) is -2.72. The number of amides is 4. The van der Waals surface area contributed by atoms with Crippen molar-refractivity contribution in [2.45, 2.75) is 41.5 Å². The van der Waals surface area contributed by atoms with Crippen LogP contribution in [0.3, 0.4) is 0 Å². The van der Waals surface area contributed by atoms with Gasteiger partial charge in [-0.2, -0.15) is 0 Å². The van der Waals surface area contributed by atoms with E-state index in [0.717, 1.165) is 11.6 Å². The highest BCUT2D eigenvalue weighted by Crippen LogP contribution is 2.45. The lowest BCUT2D eigenvalue weighted by molar-refractivity contribution is -0.140. The maximum atomic E-state index is 14.2. The van der Waals surface area contributed by atoms with Gasteiger partial charge in [-0.25, -0.2) is 18.1 Å². The lowest BCUT2D eigenvalue weighted by Gasteiger charge is -2.28. The van der Waals surface area contributed by atoms with Crippen LogP contribution in [-0.2, 0) is 29.2 Å². The summed E-state index contributed by atoms with van der Waals surface area (Å²) in [4.78, 5) is 59.5. The van der Waals surface area contributed by atoms with Gasteiger partial charge in [0.05, 0.1) is 29.8 Å². The van der Waals surface area contributed by atoms with E-state index in [1.54, 1.807) is 37.4 Å². The zero-order valence-corrected chi connectivity index (χ0v) is 30.3. The van der Waals surface area contributed by atoms with Gasteiger partial charge in [0.2, 0.25) is 17.7 Å². The smallest absolute Gasteiger partial charge is 0.264 e. The van der Waals surface area contributed by atoms with Crippen molar-refractivity contribution in [3.05, 3.63) is 110 Å². The molecule has 6 rings (SSSR count). The molecule has 1 unspecified atom stereocenters. The standard InChI is InChI=1S/C39H40N6O8S/c1-4-25-21-39(25,38(49)44-54(50,51)28-14-10-7-11-15-28)43-36(47)33-19-27(23-45(33)37(48)30(40)22-41-35(46)5-2)53-34-20-31(24-12-8-6-9-13-24)42-32-18-26(52-3)16-17-29(32)34/h4-18,20,25,27,30,33H,1-2,19,21-23,40H2,3H3,(H,41,46)(H,43,47)(H,44,49)/t25-,27-,30?,33+,39-/m1/s1. The molecule has 2 heterocycles. The molecule has 1 aliphatic carbocycles. The molecule has 0 spiro atoms. The minimum Gasteiger partial charge on any atom is -0.497 e. The van der Waals surface area contributed by atoms with E-state index in [2.05, 4.69) is 28.5 Å². The highest BCUT2D eigenvalue weighted by molar-refractivity contribution is 7.90. The molecule has 5 N–H and O–H groups in total. The van der Waals surface area contributed by atoms with Gasteiger partial charge in [-0.1, -0.05) is 61.2 Å². The van der Waals surface area contributed by atoms with E-state index in [0.29, 0.717) is 28.1 Å². The maximum Gasteiger partial charge on any atom is 0.264 e. The van der Waals surface area contributed by atoms with E-state index in [1.165, 1.54) is 35.2 Å². The summed E-state index contributed by atoms with van der Waals surface area (Å²) in [5.41, 5.74) is 6.63. The summed E-state index contributed by atoms with van der Waals surface area (Å²) in [5.74, 6) is -2.40. The third kappa shape index (κ3) is 7.82. The summed E-state index contributed by atoms with van der Waals surface area (Å²) < 4.78 is 40.2. The lowest BCUT2D eigenvalue weighted by atomic mass is 10.1. The molecular weight excluding hydrogens is 713 g/mol. The third-order valence-corrected chi connectivity index (χ3v) is 10.9. The Bertz CT molecular complexity index is 2220. The molecule has 4 amide bonds. The molecule has 14 nitrogen and oxygen atoms in total. The molecule has 0 radical (unpaired) electrons. The van der Waals surface area contributed by atoms with Crippen molar-refractivity contribution in [1.29, 1.82) is 0 Å². The van der Waals surface area contributed by atoms with Gasteiger partial charge < -0.3 is 30.7 Å². The summed E-state index contributed by atoms with van der Waals surface area (Å²) in [6, 6.07) is 21.6. The molecule has 1 aliphatic heterocycles. The Kier molecular flexibility index (Phi) is 10.8. The van der Waals surface area contributed by atoms with Gasteiger partial charge in [0.25, 0.3) is 15.9 Å². The van der Waals surface area contributed by atoms with Crippen LogP contribution >= 0.6 is 0 Å². The number of sulfonamides is 1. The Morgan fingerprint density at radius 1 is 1.04 bits per heavy atom. The normalized spacial score (nSPS) is 21.0. The van der Waals surface area contributed by atoms with Gasteiger partial charge in [-0.05, 0) is 36.8 Å². The van der Waals surface area contributed by atoms with Crippen molar-refractivity contribution in [3.63, 3.8) is 0 Å². The molecule has 2 fully saturated rings. The number of pyridine rings is 1. The van der Waals surface area contributed by atoms with Gasteiger partial charge >= 0.3 is 0 Å². The number of benzene rings is 3. The Labute approximate surface area is 312 Å². The number of fused-ring (bicyclic) bond motifs is 1. The molecule has 15 heteroatoms. The number of nitrogens with zero attached hydrogens (tertiary/aromatic N) is 2. The van der Waals surface area contributed by atoms with E-state index >= 15 is 0 Å². The summed E-state index contributed by atoms with van der Waals surface area (Å²) in [6.45, 7) is 6.85. The molecule has 5 atom stereocenters. The van der Waals surface area contributed by atoms with Crippen molar-refractivity contribution in [2.24, 2.45) is 11.7 Å². The number of carbonyl (C=O) groups is 4. The zero-order valence-electron chi connectivity index (χ0n) is 29.4. The van der Waals surface area contributed by atoms with Gasteiger partial charge in [0.1, 0.15) is 35.2 Å². The number of hydrogen-bond acceptors (Lipinski definition) is 10. The first-order chi connectivity index (χ1) is 25.9. The Balaban J connectivity index is 1.30. The average molecular weight is 753 g/mol. The fourth-order valence-electron chi connectivity index (χ4n) is 6.50. The molecule has 2 aliphatic rings. The number of rotatable bonds is 14. The molecule has 1 aromatic heterocycles. The molecule has 280 valence electrons. The lowest BCUT2D eigenvalue weighted by Crippen LogP contribution is -2.58. The maximum absolute atomic E-state index is 14.2. The second kappa shape index (κ2) is 15.5. The number of methoxy groups -OCH3 is 1. The number of ether oxygens (including phenoxy) is 2. The predicted molar refractivity (Wildman–Crippen MR) is 200 cm³/mol. The van der Waals surface area contributed by atoms with Gasteiger partial charge in [0, 0.05) is 42.0 Å². The number of likely N-dealkylation sites (tertiary alicyclic amines) is 1. The monoisotopic (exact) mass is 752 g/mol. The number of aromatic nitrogens is 1. The average Bonchev–Trinajstić information content (AvgIpc) is 3.75. The van der Waals surface area contributed by atoms with Crippen LogP contribution in [0.1, 0.15) is 12.8 Å². The topological polar surface area (TPSA) is 199 Å². The van der Waals surface area contributed by atoms with E-state index in [-0.39, 0.29) is 30.8 Å². The second-order valence-corrected chi connectivity index (χ2v) is 14.7. The van der Waals surface area contributed by atoms with Gasteiger partial charge in [0.15, 0.2) is 0 Å². The van der Waals surface area contributed by atoms with Crippen LogP contribution in [0.5, 0.6) is 11.5 Å². The number of carbonyl (C=O) groups excluding carboxylic acids is 4. The fraction of sp³-hybridized carbons (Fsp3) is 0.256. The van der Waals surface area contributed by atoms with Crippen molar-refractivity contribution < 1.29 is 37.1 Å². The first kappa shape index (κ1) is 37.7. The van der Waals surface area contributed by atoms with E-state index in [9.17, 15) is 27.6 Å². The van der Waals surface area contributed by atoms with Crippen molar-refractivity contribution >= 4 is 44.6 Å². The van der Waals surface area contributed by atoms with Crippen LogP contribution in [0, 0.1) is 5.92 Å². The highest BCUT2D eigenvalue weighted by Gasteiger charge is 2.61. The molecule has 1 saturated heterocycles. The van der Waals surface area contributed by atoms with Gasteiger partial charge in [-0.3, -0.25) is 19.2 Å². The minimum absolute atomic E-state index is 0.0112. The largest absolute Gasteiger partial charge is 0.497 e. The Morgan fingerprint density at radius 3 is 2.39 bits per heavy atom.